The Morgan fingerprint density at radius 1 is 1.42 bits per heavy atom. The Balaban J connectivity index is 1.87. The fraction of sp³-hybridized carbons (Fsp3) is 0.643. The summed E-state index contributed by atoms with van der Waals surface area (Å²) in [5, 5.41) is 18.2. The highest BCUT2D eigenvalue weighted by atomic mass is 16.5. The van der Waals surface area contributed by atoms with Gasteiger partial charge in [0.25, 0.3) is 0 Å². The number of piperidine rings is 1. The summed E-state index contributed by atoms with van der Waals surface area (Å²) in [5.74, 6) is 0.949. The van der Waals surface area contributed by atoms with Gasteiger partial charge < -0.3 is 19.8 Å². The molecule has 106 valence electrons. The van der Waals surface area contributed by atoms with E-state index in [0.717, 1.165) is 37.3 Å². The highest BCUT2D eigenvalue weighted by Gasteiger charge is 2.20. The summed E-state index contributed by atoms with van der Waals surface area (Å²) in [6, 6.07) is 3.87. The first-order chi connectivity index (χ1) is 9.20. The monoisotopic (exact) mass is 266 g/mol. The van der Waals surface area contributed by atoms with Crippen molar-refractivity contribution in [3.63, 3.8) is 0 Å². The quantitative estimate of drug-likeness (QED) is 0.836. The van der Waals surface area contributed by atoms with Gasteiger partial charge in [-0.25, -0.2) is 4.98 Å². The van der Waals surface area contributed by atoms with Gasteiger partial charge in [-0.15, -0.1) is 0 Å². The topological polar surface area (TPSA) is 65.8 Å². The predicted molar refractivity (Wildman–Crippen MR) is 73.1 cm³/mol. The molecule has 5 heteroatoms. The average molecular weight is 266 g/mol. The highest BCUT2D eigenvalue weighted by molar-refractivity contribution is 5.40. The third-order valence-corrected chi connectivity index (χ3v) is 3.46. The number of hydrogen-bond acceptors (Lipinski definition) is 5. The van der Waals surface area contributed by atoms with Crippen LogP contribution in [0.5, 0.6) is 0 Å². The van der Waals surface area contributed by atoms with E-state index in [2.05, 4.69) is 9.88 Å². The van der Waals surface area contributed by atoms with E-state index in [1.165, 1.54) is 0 Å². The van der Waals surface area contributed by atoms with Gasteiger partial charge in [-0.05, 0) is 31.4 Å². The van der Waals surface area contributed by atoms with Crippen molar-refractivity contribution in [2.45, 2.75) is 32.0 Å². The SMILES string of the molecule is C[C@H](O)c1ccc(N2CCC(OCCO)CC2)nc1. The maximum absolute atomic E-state index is 9.45. The second-order valence-corrected chi connectivity index (χ2v) is 4.91. The Morgan fingerprint density at radius 3 is 2.68 bits per heavy atom. The zero-order chi connectivity index (χ0) is 13.7. The molecule has 2 N–H and O–H groups in total. The van der Waals surface area contributed by atoms with Crippen LogP contribution in [0.15, 0.2) is 18.3 Å². The predicted octanol–water partition coefficient (Wildman–Crippen LogP) is 1.11. The summed E-state index contributed by atoms with van der Waals surface area (Å²) in [7, 11) is 0. The first-order valence-corrected chi connectivity index (χ1v) is 6.82. The Labute approximate surface area is 113 Å². The largest absolute Gasteiger partial charge is 0.394 e. The lowest BCUT2D eigenvalue weighted by atomic mass is 10.1. The molecule has 5 nitrogen and oxygen atoms in total. The molecule has 0 radical (unpaired) electrons. The maximum atomic E-state index is 9.45. The molecule has 1 aliphatic rings. The lowest BCUT2D eigenvalue weighted by Crippen LogP contribution is -2.37. The van der Waals surface area contributed by atoms with Crippen LogP contribution in [0.1, 0.15) is 31.4 Å². The molecule has 0 amide bonds. The number of nitrogens with zero attached hydrogens (tertiary/aromatic N) is 2. The maximum Gasteiger partial charge on any atom is 0.128 e. The molecule has 1 aromatic rings. The highest BCUT2D eigenvalue weighted by Crippen LogP contribution is 2.21. The molecule has 0 bridgehead atoms. The van der Waals surface area contributed by atoms with Gasteiger partial charge in [0.15, 0.2) is 0 Å². The van der Waals surface area contributed by atoms with Crippen molar-refractivity contribution in [2.24, 2.45) is 0 Å². The molecule has 0 aromatic carbocycles. The lowest BCUT2D eigenvalue weighted by molar-refractivity contribution is 0.0158. The molecule has 0 saturated carbocycles. The number of rotatable bonds is 5. The summed E-state index contributed by atoms with van der Waals surface area (Å²) in [6.45, 7) is 4.07. The van der Waals surface area contributed by atoms with Gasteiger partial charge in [0.1, 0.15) is 5.82 Å². The molecule has 19 heavy (non-hydrogen) atoms. The van der Waals surface area contributed by atoms with Crippen molar-refractivity contribution in [3.8, 4) is 0 Å². The van der Waals surface area contributed by atoms with Crippen LogP contribution >= 0.6 is 0 Å². The van der Waals surface area contributed by atoms with Gasteiger partial charge in [0, 0.05) is 19.3 Å². The van der Waals surface area contributed by atoms with E-state index in [9.17, 15) is 5.11 Å². The molecule has 1 aliphatic heterocycles. The molecule has 1 saturated heterocycles. The molecule has 1 fully saturated rings. The molecule has 1 aromatic heterocycles. The standard InChI is InChI=1S/C14H22N2O3/c1-11(18)12-2-3-14(15-10-12)16-6-4-13(5-7-16)19-9-8-17/h2-3,10-11,13,17-18H,4-9H2,1H3/t11-/m0/s1. The number of aliphatic hydroxyl groups is 2. The van der Waals surface area contributed by atoms with Gasteiger partial charge in [-0.1, -0.05) is 6.07 Å². The molecular formula is C14H22N2O3. The number of pyridine rings is 1. The lowest BCUT2D eigenvalue weighted by Gasteiger charge is -2.32. The van der Waals surface area contributed by atoms with Gasteiger partial charge in [-0.3, -0.25) is 0 Å². The fourth-order valence-corrected chi connectivity index (χ4v) is 2.30. The van der Waals surface area contributed by atoms with Crippen molar-refractivity contribution in [2.75, 3.05) is 31.2 Å². The van der Waals surface area contributed by atoms with Crippen molar-refractivity contribution < 1.29 is 14.9 Å². The van der Waals surface area contributed by atoms with Gasteiger partial charge >= 0.3 is 0 Å². The van der Waals surface area contributed by atoms with E-state index >= 15 is 0 Å². The number of hydrogen-bond donors (Lipinski definition) is 2. The molecule has 0 aliphatic carbocycles. The van der Waals surface area contributed by atoms with Crippen LogP contribution in [0.2, 0.25) is 0 Å². The second-order valence-electron chi connectivity index (χ2n) is 4.91. The van der Waals surface area contributed by atoms with Crippen LogP contribution in [-0.2, 0) is 4.74 Å². The molecular weight excluding hydrogens is 244 g/mol. The van der Waals surface area contributed by atoms with E-state index in [1.807, 2.05) is 12.1 Å². The Kier molecular flexibility index (Phi) is 5.13. The average Bonchev–Trinajstić information content (AvgIpc) is 2.46. The first-order valence-electron chi connectivity index (χ1n) is 6.82. The van der Waals surface area contributed by atoms with E-state index in [1.54, 1.807) is 13.1 Å². The Bertz CT molecular complexity index is 373. The number of aromatic nitrogens is 1. The third-order valence-electron chi connectivity index (χ3n) is 3.46. The molecule has 1 atom stereocenters. The van der Waals surface area contributed by atoms with E-state index < -0.39 is 6.10 Å². The van der Waals surface area contributed by atoms with Crippen LogP contribution in [0, 0.1) is 0 Å². The van der Waals surface area contributed by atoms with Crippen molar-refractivity contribution in [1.82, 2.24) is 4.98 Å². The van der Waals surface area contributed by atoms with Crippen LogP contribution < -0.4 is 4.90 Å². The van der Waals surface area contributed by atoms with Crippen molar-refractivity contribution in [1.29, 1.82) is 0 Å². The summed E-state index contributed by atoms with van der Waals surface area (Å²) in [4.78, 5) is 6.62. The van der Waals surface area contributed by atoms with E-state index in [-0.39, 0.29) is 12.7 Å². The normalized spacial score (nSPS) is 18.6. The summed E-state index contributed by atoms with van der Waals surface area (Å²) in [6.07, 6.45) is 3.42. The van der Waals surface area contributed by atoms with Gasteiger partial charge in [0.2, 0.25) is 0 Å². The number of aliphatic hydroxyl groups excluding tert-OH is 2. The first kappa shape index (κ1) is 14.2. The smallest absolute Gasteiger partial charge is 0.128 e. The zero-order valence-corrected chi connectivity index (χ0v) is 11.3. The van der Waals surface area contributed by atoms with Crippen LogP contribution in [0.4, 0.5) is 5.82 Å². The van der Waals surface area contributed by atoms with E-state index in [0.29, 0.717) is 6.61 Å². The number of ether oxygens (including phenoxy) is 1. The van der Waals surface area contributed by atoms with Gasteiger partial charge in [0.05, 0.1) is 25.4 Å². The molecule has 0 spiro atoms. The zero-order valence-electron chi connectivity index (χ0n) is 11.3. The molecule has 0 unspecified atom stereocenters. The summed E-state index contributed by atoms with van der Waals surface area (Å²) < 4.78 is 5.54. The minimum atomic E-state index is -0.473. The van der Waals surface area contributed by atoms with Crippen molar-refractivity contribution in [3.05, 3.63) is 23.9 Å². The third kappa shape index (κ3) is 3.89. The second kappa shape index (κ2) is 6.84. The van der Waals surface area contributed by atoms with Crippen LogP contribution in [0.25, 0.3) is 0 Å². The van der Waals surface area contributed by atoms with E-state index in [4.69, 9.17) is 9.84 Å². The fourth-order valence-electron chi connectivity index (χ4n) is 2.30. The summed E-state index contributed by atoms with van der Waals surface area (Å²) >= 11 is 0. The minimum absolute atomic E-state index is 0.0859. The summed E-state index contributed by atoms with van der Waals surface area (Å²) in [5.41, 5.74) is 0.838. The van der Waals surface area contributed by atoms with Crippen LogP contribution in [0.3, 0.4) is 0 Å². The molecule has 2 heterocycles. The van der Waals surface area contributed by atoms with Gasteiger partial charge in [-0.2, -0.15) is 0 Å². The van der Waals surface area contributed by atoms with Crippen molar-refractivity contribution >= 4 is 5.82 Å². The Morgan fingerprint density at radius 2 is 2.16 bits per heavy atom. The molecule has 2 rings (SSSR count). The number of anilines is 1. The minimum Gasteiger partial charge on any atom is -0.394 e. The Hall–Kier alpha value is -1.17. The van der Waals surface area contributed by atoms with Crippen LogP contribution in [-0.4, -0.2) is 47.6 Å².